The van der Waals surface area contributed by atoms with Crippen molar-refractivity contribution in [2.45, 2.75) is 51.4 Å². The van der Waals surface area contributed by atoms with Crippen LogP contribution in [-0.4, -0.2) is 50.6 Å². The number of hydrogen-bond acceptors (Lipinski definition) is 4. The highest BCUT2D eigenvalue weighted by molar-refractivity contribution is 7.14. The lowest BCUT2D eigenvalue weighted by atomic mass is 9.78. The zero-order valence-electron chi connectivity index (χ0n) is 15.9. The Balaban J connectivity index is 1.68. The van der Waals surface area contributed by atoms with Crippen LogP contribution in [0.2, 0.25) is 0 Å². The van der Waals surface area contributed by atoms with Gasteiger partial charge in [-0.25, -0.2) is 0 Å². The van der Waals surface area contributed by atoms with Crippen LogP contribution in [0.25, 0.3) is 0 Å². The number of rotatable bonds is 4. The van der Waals surface area contributed by atoms with Gasteiger partial charge in [0.2, 0.25) is 5.91 Å². The summed E-state index contributed by atoms with van der Waals surface area (Å²) < 4.78 is 5.44. The van der Waals surface area contributed by atoms with Crippen LogP contribution in [0.4, 0.5) is 0 Å². The average molecular weight is 379 g/mol. The largest absolute Gasteiger partial charge is 0.381 e. The van der Waals surface area contributed by atoms with Gasteiger partial charge >= 0.3 is 0 Å². The van der Waals surface area contributed by atoms with Crippen LogP contribution >= 0.6 is 11.3 Å². The molecule has 1 fully saturated rings. The fraction of sp³-hybridized carbons (Fsp3) is 0.700. The van der Waals surface area contributed by atoms with E-state index in [0.29, 0.717) is 32.6 Å². The van der Waals surface area contributed by atoms with Gasteiger partial charge in [-0.3, -0.25) is 9.59 Å². The van der Waals surface area contributed by atoms with E-state index in [1.54, 1.807) is 30.3 Å². The molecule has 1 aromatic heterocycles. The van der Waals surface area contributed by atoms with Gasteiger partial charge in [0.25, 0.3) is 5.91 Å². The molecule has 144 valence electrons. The molecule has 5 nitrogen and oxygen atoms in total. The Kier molecular flexibility index (Phi) is 6.35. The van der Waals surface area contributed by atoms with Crippen molar-refractivity contribution < 1.29 is 14.3 Å². The summed E-state index contributed by atoms with van der Waals surface area (Å²) in [7, 11) is 3.56. The Morgan fingerprint density at radius 1 is 1.15 bits per heavy atom. The fourth-order valence-electron chi connectivity index (χ4n) is 4.00. The van der Waals surface area contributed by atoms with Gasteiger partial charge in [0.1, 0.15) is 0 Å². The van der Waals surface area contributed by atoms with Crippen molar-refractivity contribution in [3.63, 3.8) is 0 Å². The quantitative estimate of drug-likeness (QED) is 0.876. The van der Waals surface area contributed by atoms with E-state index in [4.69, 9.17) is 4.74 Å². The average Bonchev–Trinajstić information content (AvgIpc) is 3.02. The molecule has 0 spiro atoms. The maximum Gasteiger partial charge on any atom is 0.261 e. The van der Waals surface area contributed by atoms with E-state index in [9.17, 15) is 9.59 Å². The summed E-state index contributed by atoms with van der Waals surface area (Å²) in [4.78, 5) is 29.3. The minimum atomic E-state index is -0.538. The maximum absolute atomic E-state index is 12.8. The first-order valence-electron chi connectivity index (χ1n) is 9.71. The van der Waals surface area contributed by atoms with Crippen molar-refractivity contribution in [3.05, 3.63) is 21.4 Å². The van der Waals surface area contributed by atoms with E-state index in [-0.39, 0.29) is 11.8 Å². The first-order chi connectivity index (χ1) is 12.5. The molecular weight excluding hydrogens is 348 g/mol. The predicted molar refractivity (Wildman–Crippen MR) is 104 cm³/mol. The van der Waals surface area contributed by atoms with E-state index in [0.717, 1.165) is 17.7 Å². The summed E-state index contributed by atoms with van der Waals surface area (Å²) in [6.45, 7) is 1.53. The third kappa shape index (κ3) is 4.29. The summed E-state index contributed by atoms with van der Waals surface area (Å²) in [5, 5.41) is 3.05. The van der Waals surface area contributed by atoms with Gasteiger partial charge in [0, 0.05) is 38.7 Å². The summed E-state index contributed by atoms with van der Waals surface area (Å²) >= 11 is 1.63. The SMILES string of the molecule is CN(C)C(=O)C1(CNC(=O)c2cc3c(s2)CCCCCC3)CCOCC1. The molecule has 1 saturated heterocycles. The molecule has 6 heteroatoms. The van der Waals surface area contributed by atoms with E-state index >= 15 is 0 Å². The fourth-order valence-corrected chi connectivity index (χ4v) is 5.17. The van der Waals surface area contributed by atoms with Crippen LogP contribution in [0.1, 0.15) is 58.6 Å². The van der Waals surface area contributed by atoms with Crippen molar-refractivity contribution in [2.75, 3.05) is 33.9 Å². The van der Waals surface area contributed by atoms with Crippen molar-refractivity contribution >= 4 is 23.2 Å². The highest BCUT2D eigenvalue weighted by Crippen LogP contribution is 2.32. The molecule has 1 aliphatic heterocycles. The molecular formula is C20H30N2O3S. The molecule has 1 aromatic rings. The smallest absolute Gasteiger partial charge is 0.261 e. The third-order valence-electron chi connectivity index (χ3n) is 5.62. The van der Waals surface area contributed by atoms with Crippen molar-refractivity contribution in [1.82, 2.24) is 10.2 Å². The number of fused-ring (bicyclic) bond motifs is 1. The summed E-state index contributed by atoms with van der Waals surface area (Å²) in [5.41, 5.74) is 0.813. The molecule has 1 aliphatic carbocycles. The number of amides is 2. The standard InChI is InChI=1S/C20H30N2O3S/c1-22(2)19(24)20(9-11-25-12-10-20)14-21-18(23)17-13-15-7-5-3-4-6-8-16(15)26-17/h13H,3-12,14H2,1-2H3,(H,21,23). The number of carbonyl (C=O) groups excluding carboxylic acids is 2. The third-order valence-corrected chi connectivity index (χ3v) is 6.85. The van der Waals surface area contributed by atoms with E-state index in [1.165, 1.54) is 36.1 Å². The van der Waals surface area contributed by atoms with Crippen molar-refractivity contribution in [3.8, 4) is 0 Å². The molecule has 3 rings (SSSR count). The van der Waals surface area contributed by atoms with Crippen LogP contribution in [0.5, 0.6) is 0 Å². The second-order valence-corrected chi connectivity index (χ2v) is 8.88. The van der Waals surface area contributed by atoms with Crippen molar-refractivity contribution in [2.24, 2.45) is 5.41 Å². The minimum Gasteiger partial charge on any atom is -0.381 e. The van der Waals surface area contributed by atoms with Crippen LogP contribution in [0.15, 0.2) is 6.07 Å². The van der Waals surface area contributed by atoms with Crippen LogP contribution in [0.3, 0.4) is 0 Å². The zero-order chi connectivity index (χ0) is 18.6. The lowest BCUT2D eigenvalue weighted by Gasteiger charge is -2.37. The lowest BCUT2D eigenvalue weighted by molar-refractivity contribution is -0.144. The van der Waals surface area contributed by atoms with Crippen molar-refractivity contribution in [1.29, 1.82) is 0 Å². The number of nitrogens with zero attached hydrogens (tertiary/aromatic N) is 1. The second kappa shape index (κ2) is 8.53. The summed E-state index contributed by atoms with van der Waals surface area (Å²) in [5.74, 6) is 0.0405. The molecule has 2 aliphatic rings. The highest BCUT2D eigenvalue weighted by atomic mass is 32.1. The number of nitrogens with one attached hydrogen (secondary N) is 1. The first kappa shape index (κ1) is 19.4. The Morgan fingerprint density at radius 3 is 2.54 bits per heavy atom. The molecule has 0 bridgehead atoms. The molecule has 2 amide bonds. The number of aryl methyl sites for hydroxylation is 2. The Bertz CT molecular complexity index is 622. The Labute approximate surface area is 160 Å². The first-order valence-corrected chi connectivity index (χ1v) is 10.5. The van der Waals surface area contributed by atoms with E-state index in [2.05, 4.69) is 11.4 Å². The number of carbonyl (C=O) groups is 2. The molecule has 2 heterocycles. The topological polar surface area (TPSA) is 58.6 Å². The number of hydrogen-bond donors (Lipinski definition) is 1. The molecule has 0 aromatic carbocycles. The van der Waals surface area contributed by atoms with Gasteiger partial charge in [-0.1, -0.05) is 12.8 Å². The van der Waals surface area contributed by atoms with Gasteiger partial charge in [-0.05, 0) is 50.2 Å². The maximum atomic E-state index is 12.8. The van der Waals surface area contributed by atoms with Crippen LogP contribution in [-0.2, 0) is 22.4 Å². The normalized spacial score (nSPS) is 19.8. The number of thiophene rings is 1. The van der Waals surface area contributed by atoms with Gasteiger partial charge in [0.05, 0.1) is 10.3 Å². The van der Waals surface area contributed by atoms with Gasteiger partial charge in [0.15, 0.2) is 0 Å². The zero-order valence-corrected chi connectivity index (χ0v) is 16.8. The Hall–Kier alpha value is -1.40. The van der Waals surface area contributed by atoms with Crippen LogP contribution in [0, 0.1) is 5.41 Å². The van der Waals surface area contributed by atoms with Gasteiger partial charge in [-0.15, -0.1) is 11.3 Å². The predicted octanol–water partition coefficient (Wildman–Crippen LogP) is 3.02. The van der Waals surface area contributed by atoms with E-state index in [1.807, 2.05) is 0 Å². The van der Waals surface area contributed by atoms with Gasteiger partial charge in [-0.2, -0.15) is 0 Å². The summed E-state index contributed by atoms with van der Waals surface area (Å²) in [6, 6.07) is 2.07. The minimum absolute atomic E-state index is 0.0424. The molecule has 1 N–H and O–H groups in total. The molecule has 0 radical (unpaired) electrons. The molecule has 26 heavy (non-hydrogen) atoms. The van der Waals surface area contributed by atoms with Crippen LogP contribution < -0.4 is 5.32 Å². The van der Waals surface area contributed by atoms with E-state index < -0.39 is 5.41 Å². The monoisotopic (exact) mass is 378 g/mol. The van der Waals surface area contributed by atoms with Gasteiger partial charge < -0.3 is 15.0 Å². The molecule has 0 unspecified atom stereocenters. The summed E-state index contributed by atoms with van der Waals surface area (Å²) in [6.07, 6.45) is 8.49. The molecule has 0 atom stereocenters. The highest BCUT2D eigenvalue weighted by Gasteiger charge is 2.41. The lowest BCUT2D eigenvalue weighted by Crippen LogP contribution is -2.50. The molecule has 0 saturated carbocycles. The second-order valence-electron chi connectivity index (χ2n) is 7.75. The Morgan fingerprint density at radius 2 is 1.85 bits per heavy atom. The number of ether oxygens (including phenoxy) is 1.